The molecule has 0 aliphatic rings. The summed E-state index contributed by atoms with van der Waals surface area (Å²) in [6.07, 6.45) is 1.73. The minimum Gasteiger partial charge on any atom is -0.394 e. The minimum absolute atomic E-state index is 0.0681. The smallest absolute Gasteiger partial charge is 0.251 e. The fourth-order valence-electron chi connectivity index (χ4n) is 6.80. The molecule has 0 spiro atoms. The van der Waals surface area contributed by atoms with Crippen LogP contribution >= 0.6 is 22.7 Å². The zero-order chi connectivity index (χ0) is 39.2. The van der Waals surface area contributed by atoms with E-state index in [2.05, 4.69) is 20.6 Å². The lowest BCUT2D eigenvalue weighted by molar-refractivity contribution is -0.120. The molecular formula is C43H41N5O5S3. The molecule has 3 aromatic heterocycles. The van der Waals surface area contributed by atoms with Gasteiger partial charge in [-0.25, -0.2) is 13.4 Å². The van der Waals surface area contributed by atoms with E-state index in [1.165, 1.54) is 22.7 Å². The number of amides is 2. The van der Waals surface area contributed by atoms with Crippen molar-refractivity contribution in [2.45, 2.75) is 29.8 Å². The zero-order valence-electron chi connectivity index (χ0n) is 30.8. The number of rotatable bonds is 15. The maximum atomic E-state index is 14.8. The Kier molecular flexibility index (Phi) is 12.0. The van der Waals surface area contributed by atoms with Gasteiger partial charge >= 0.3 is 0 Å². The summed E-state index contributed by atoms with van der Waals surface area (Å²) in [6, 6.07) is 35.4. The second kappa shape index (κ2) is 17.2. The molecule has 0 fully saturated rings. The van der Waals surface area contributed by atoms with E-state index in [1.807, 2.05) is 85.8 Å². The van der Waals surface area contributed by atoms with E-state index in [-0.39, 0.29) is 35.0 Å². The molecule has 0 aliphatic carbocycles. The molecule has 4 atom stereocenters. The van der Waals surface area contributed by atoms with Crippen LogP contribution < -0.4 is 15.5 Å². The van der Waals surface area contributed by atoms with Gasteiger partial charge in [0.15, 0.2) is 9.84 Å². The lowest BCUT2D eigenvalue weighted by Crippen LogP contribution is -2.51. The highest BCUT2D eigenvalue weighted by Gasteiger charge is 2.36. The predicted octanol–water partition coefficient (Wildman–Crippen LogP) is 7.23. The average Bonchev–Trinajstić information content (AvgIpc) is 3.91. The molecule has 0 bridgehead atoms. The van der Waals surface area contributed by atoms with E-state index in [0.717, 1.165) is 37.1 Å². The quantitative estimate of drug-likeness (QED) is 0.0987. The number of aromatic nitrogens is 2. The number of anilines is 1. The second-order valence-corrected chi connectivity index (χ2v) is 17.8. The largest absolute Gasteiger partial charge is 0.394 e. The standard InChI is InChI=1S/C43H41N5O5S3/c1-28(26-56(52,53)33-17-18-34-38(23-33)54-27-46-34)24-45-36(25-49)37-19-20-39(55-37)48(2)43(51)41(47-42(50)31-12-7-4-8-13-31)40(30-10-5-3-6-11-30)32-16-15-29-14-9-21-44-35(29)22-32/h3-23,27-28,36,40-41,45,49H,24-26H2,1-2H3,(H,47,50). The van der Waals surface area contributed by atoms with Crippen LogP contribution in [0.3, 0.4) is 0 Å². The molecule has 13 heteroatoms. The number of pyridine rings is 1. The van der Waals surface area contributed by atoms with Crippen molar-refractivity contribution in [2.24, 2.45) is 5.92 Å². The minimum atomic E-state index is -3.56. The zero-order valence-corrected chi connectivity index (χ0v) is 33.2. The Balaban J connectivity index is 1.12. The van der Waals surface area contributed by atoms with Crippen molar-refractivity contribution in [1.82, 2.24) is 20.6 Å². The van der Waals surface area contributed by atoms with E-state index in [1.54, 1.807) is 66.1 Å². The molecule has 0 saturated heterocycles. The molecule has 0 saturated carbocycles. The van der Waals surface area contributed by atoms with Crippen LogP contribution in [0, 0.1) is 5.92 Å². The Hall–Kier alpha value is -5.31. The molecule has 3 heterocycles. The lowest BCUT2D eigenvalue weighted by atomic mass is 9.83. The van der Waals surface area contributed by atoms with Gasteiger partial charge in [0.25, 0.3) is 11.8 Å². The number of fused-ring (bicyclic) bond motifs is 2. The van der Waals surface area contributed by atoms with Gasteiger partial charge in [-0.15, -0.1) is 22.7 Å². The van der Waals surface area contributed by atoms with Gasteiger partial charge in [-0.1, -0.05) is 73.7 Å². The van der Waals surface area contributed by atoms with Gasteiger partial charge < -0.3 is 20.6 Å². The number of carbonyl (C=O) groups is 2. The third-order valence-electron chi connectivity index (χ3n) is 9.75. The van der Waals surface area contributed by atoms with Gasteiger partial charge in [-0.3, -0.25) is 14.6 Å². The number of thiophene rings is 1. The van der Waals surface area contributed by atoms with Crippen molar-refractivity contribution >= 4 is 70.4 Å². The summed E-state index contributed by atoms with van der Waals surface area (Å²) >= 11 is 2.74. The summed E-state index contributed by atoms with van der Waals surface area (Å²) in [4.78, 5) is 40.0. The number of aliphatic hydroxyl groups is 1. The van der Waals surface area contributed by atoms with Gasteiger partial charge in [0.05, 0.1) is 49.5 Å². The summed E-state index contributed by atoms with van der Waals surface area (Å²) in [5, 5.41) is 18.4. The van der Waals surface area contributed by atoms with E-state index in [0.29, 0.717) is 17.1 Å². The van der Waals surface area contributed by atoms with Crippen molar-refractivity contribution in [2.75, 3.05) is 30.9 Å². The molecule has 0 radical (unpaired) electrons. The van der Waals surface area contributed by atoms with Crippen molar-refractivity contribution < 1.29 is 23.1 Å². The number of benzene rings is 4. The Labute approximate surface area is 333 Å². The summed E-state index contributed by atoms with van der Waals surface area (Å²) in [6.45, 7) is 1.96. The number of sulfone groups is 1. The van der Waals surface area contributed by atoms with Crippen molar-refractivity contribution in [3.05, 3.63) is 155 Å². The molecule has 4 unspecified atom stereocenters. The second-order valence-electron chi connectivity index (χ2n) is 13.7. The molecular weight excluding hydrogens is 763 g/mol. The topological polar surface area (TPSA) is 142 Å². The molecule has 10 nitrogen and oxygen atoms in total. The Morgan fingerprint density at radius 1 is 0.839 bits per heavy atom. The number of hydrogen-bond donors (Lipinski definition) is 3. The first-order valence-electron chi connectivity index (χ1n) is 18.1. The molecule has 56 heavy (non-hydrogen) atoms. The Morgan fingerprint density at radius 2 is 1.61 bits per heavy atom. The normalized spacial score (nSPS) is 13.9. The van der Waals surface area contributed by atoms with Crippen LogP contribution in [0.2, 0.25) is 0 Å². The van der Waals surface area contributed by atoms with Crippen molar-refractivity contribution in [1.29, 1.82) is 0 Å². The van der Waals surface area contributed by atoms with Gasteiger partial charge in [-0.2, -0.15) is 0 Å². The molecule has 4 aromatic carbocycles. The number of hydrogen-bond acceptors (Lipinski definition) is 10. The highest BCUT2D eigenvalue weighted by atomic mass is 32.2. The summed E-state index contributed by atoms with van der Waals surface area (Å²) in [5.41, 5.74) is 5.33. The maximum absolute atomic E-state index is 14.8. The SMILES string of the molecule is CC(CNC(CO)c1ccc(N(C)C(=O)C(NC(=O)c2ccccc2)C(c2ccccc2)c2ccc3cccnc3c2)s1)CS(=O)(=O)c1ccc2ncsc2c1. The molecule has 286 valence electrons. The van der Waals surface area contributed by atoms with Crippen LogP contribution in [-0.4, -0.2) is 67.3 Å². The summed E-state index contributed by atoms with van der Waals surface area (Å²) in [7, 11) is -1.87. The van der Waals surface area contributed by atoms with E-state index in [9.17, 15) is 23.1 Å². The predicted molar refractivity (Wildman–Crippen MR) is 224 cm³/mol. The summed E-state index contributed by atoms with van der Waals surface area (Å²) < 4.78 is 27.4. The number of nitrogens with one attached hydrogen (secondary N) is 2. The van der Waals surface area contributed by atoms with Crippen LogP contribution in [0.1, 0.15) is 45.2 Å². The Bertz CT molecular complexity index is 2560. The molecule has 7 aromatic rings. The average molecular weight is 804 g/mol. The van der Waals surface area contributed by atoms with Crippen LogP contribution in [0.5, 0.6) is 0 Å². The van der Waals surface area contributed by atoms with Crippen LogP contribution in [0.4, 0.5) is 5.00 Å². The first-order chi connectivity index (χ1) is 27.1. The highest BCUT2D eigenvalue weighted by molar-refractivity contribution is 7.91. The van der Waals surface area contributed by atoms with Gasteiger partial charge in [0.1, 0.15) is 6.04 Å². The first-order valence-corrected chi connectivity index (χ1v) is 21.5. The highest BCUT2D eigenvalue weighted by Crippen LogP contribution is 2.35. The number of thiazole rings is 1. The van der Waals surface area contributed by atoms with Crippen molar-refractivity contribution in [3.63, 3.8) is 0 Å². The van der Waals surface area contributed by atoms with Crippen LogP contribution in [-0.2, 0) is 14.6 Å². The maximum Gasteiger partial charge on any atom is 0.251 e. The number of aliphatic hydroxyl groups excluding tert-OH is 1. The van der Waals surface area contributed by atoms with Crippen LogP contribution in [0.25, 0.3) is 21.1 Å². The number of carbonyl (C=O) groups excluding carboxylic acids is 2. The van der Waals surface area contributed by atoms with E-state index in [4.69, 9.17) is 0 Å². The molecule has 3 N–H and O–H groups in total. The van der Waals surface area contributed by atoms with E-state index < -0.39 is 27.8 Å². The number of likely N-dealkylation sites (N-methyl/N-ethyl adjacent to an activating group) is 1. The molecule has 2 amide bonds. The van der Waals surface area contributed by atoms with Crippen molar-refractivity contribution in [3.8, 4) is 0 Å². The van der Waals surface area contributed by atoms with E-state index >= 15 is 0 Å². The molecule has 0 aliphatic heterocycles. The Morgan fingerprint density at radius 3 is 2.38 bits per heavy atom. The fourth-order valence-corrected chi connectivity index (χ4v) is 10.3. The van der Waals surface area contributed by atoms with Crippen LogP contribution in [0.15, 0.2) is 138 Å². The fraction of sp³-hybridized carbons (Fsp3) is 0.209. The monoisotopic (exact) mass is 803 g/mol. The summed E-state index contributed by atoms with van der Waals surface area (Å²) in [5.74, 6) is -1.61. The number of nitrogens with zero attached hydrogens (tertiary/aromatic N) is 3. The van der Waals surface area contributed by atoms with Gasteiger partial charge in [-0.05, 0) is 78.2 Å². The third kappa shape index (κ3) is 8.72. The first kappa shape index (κ1) is 38.9. The van der Waals surface area contributed by atoms with Gasteiger partial charge in [0.2, 0.25) is 0 Å². The third-order valence-corrected chi connectivity index (χ3v) is 13.8. The molecule has 7 rings (SSSR count). The van der Waals surface area contributed by atoms with Gasteiger partial charge in [0, 0.05) is 35.0 Å². The lowest BCUT2D eigenvalue weighted by Gasteiger charge is -2.31.